The highest BCUT2D eigenvalue weighted by Crippen LogP contribution is 2.34. The SMILES string of the molecule is COc1ccc(N(C)C2CCCCC2C)c(N)c1. The Morgan fingerprint density at radius 1 is 1.28 bits per heavy atom. The lowest BCUT2D eigenvalue weighted by Gasteiger charge is -2.38. The number of hydrogen-bond donors (Lipinski definition) is 1. The molecule has 1 aromatic rings. The average molecular weight is 248 g/mol. The van der Waals surface area contributed by atoms with Crippen molar-refractivity contribution in [2.75, 3.05) is 24.8 Å². The van der Waals surface area contributed by atoms with E-state index in [4.69, 9.17) is 10.5 Å². The van der Waals surface area contributed by atoms with Gasteiger partial charge in [-0.05, 0) is 30.9 Å². The predicted octanol–water partition coefficient (Wildman–Crippen LogP) is 3.29. The van der Waals surface area contributed by atoms with Gasteiger partial charge in [-0.25, -0.2) is 0 Å². The Hall–Kier alpha value is -1.38. The minimum atomic E-state index is 0.606. The zero-order valence-electron chi connectivity index (χ0n) is 11.6. The molecule has 3 nitrogen and oxygen atoms in total. The van der Waals surface area contributed by atoms with Crippen molar-refractivity contribution in [1.82, 2.24) is 0 Å². The number of benzene rings is 1. The van der Waals surface area contributed by atoms with Gasteiger partial charge in [0.25, 0.3) is 0 Å². The Balaban J connectivity index is 2.19. The highest BCUT2D eigenvalue weighted by atomic mass is 16.5. The van der Waals surface area contributed by atoms with Gasteiger partial charge < -0.3 is 15.4 Å². The number of nitrogens with zero attached hydrogens (tertiary/aromatic N) is 1. The fourth-order valence-electron chi connectivity index (χ4n) is 3.03. The van der Waals surface area contributed by atoms with E-state index < -0.39 is 0 Å². The van der Waals surface area contributed by atoms with Crippen LogP contribution in [0.3, 0.4) is 0 Å². The van der Waals surface area contributed by atoms with Gasteiger partial charge in [-0.2, -0.15) is 0 Å². The smallest absolute Gasteiger partial charge is 0.121 e. The summed E-state index contributed by atoms with van der Waals surface area (Å²) < 4.78 is 5.20. The van der Waals surface area contributed by atoms with Crippen LogP contribution < -0.4 is 15.4 Å². The highest BCUT2D eigenvalue weighted by Gasteiger charge is 2.26. The molecule has 0 radical (unpaired) electrons. The monoisotopic (exact) mass is 248 g/mol. The average Bonchev–Trinajstić information content (AvgIpc) is 2.38. The molecule has 1 aliphatic carbocycles. The number of methoxy groups -OCH3 is 1. The molecule has 2 N–H and O–H groups in total. The standard InChI is InChI=1S/C15H24N2O/c1-11-6-4-5-7-14(11)17(2)15-9-8-12(18-3)10-13(15)16/h8-11,14H,4-7,16H2,1-3H3. The molecular weight excluding hydrogens is 224 g/mol. The minimum Gasteiger partial charge on any atom is -0.497 e. The summed E-state index contributed by atoms with van der Waals surface area (Å²) in [4.78, 5) is 2.35. The molecule has 0 spiro atoms. The number of hydrogen-bond acceptors (Lipinski definition) is 3. The first-order valence-corrected chi connectivity index (χ1v) is 6.80. The second kappa shape index (κ2) is 5.51. The third kappa shape index (κ3) is 2.55. The molecular formula is C15H24N2O. The normalized spacial score (nSPS) is 23.7. The van der Waals surface area contributed by atoms with E-state index in [9.17, 15) is 0 Å². The van der Waals surface area contributed by atoms with E-state index in [1.54, 1.807) is 7.11 Å². The van der Waals surface area contributed by atoms with Crippen molar-refractivity contribution in [3.8, 4) is 5.75 Å². The summed E-state index contributed by atoms with van der Waals surface area (Å²) in [5, 5.41) is 0. The Kier molecular flexibility index (Phi) is 4.00. The van der Waals surface area contributed by atoms with Gasteiger partial charge in [0.15, 0.2) is 0 Å². The molecule has 100 valence electrons. The summed E-state index contributed by atoms with van der Waals surface area (Å²) in [6.07, 6.45) is 5.28. The molecule has 0 heterocycles. The number of rotatable bonds is 3. The molecule has 1 aliphatic rings. The second-order valence-corrected chi connectivity index (χ2v) is 5.36. The van der Waals surface area contributed by atoms with Gasteiger partial charge in [0.1, 0.15) is 5.75 Å². The van der Waals surface area contributed by atoms with Crippen molar-refractivity contribution in [3.63, 3.8) is 0 Å². The molecule has 0 amide bonds. The summed E-state index contributed by atoms with van der Waals surface area (Å²) in [5.41, 5.74) is 8.05. The Morgan fingerprint density at radius 3 is 2.61 bits per heavy atom. The summed E-state index contributed by atoms with van der Waals surface area (Å²) in [7, 11) is 3.83. The van der Waals surface area contributed by atoms with E-state index in [2.05, 4.69) is 24.9 Å². The van der Waals surface area contributed by atoms with Gasteiger partial charge in [-0.15, -0.1) is 0 Å². The first kappa shape index (κ1) is 13.1. The van der Waals surface area contributed by atoms with Crippen LogP contribution in [-0.4, -0.2) is 20.2 Å². The molecule has 0 aliphatic heterocycles. The molecule has 2 atom stereocenters. The fraction of sp³-hybridized carbons (Fsp3) is 0.600. The van der Waals surface area contributed by atoms with Crippen molar-refractivity contribution in [1.29, 1.82) is 0 Å². The lowest BCUT2D eigenvalue weighted by molar-refractivity contribution is 0.322. The van der Waals surface area contributed by atoms with Crippen molar-refractivity contribution >= 4 is 11.4 Å². The van der Waals surface area contributed by atoms with E-state index in [1.165, 1.54) is 25.7 Å². The summed E-state index contributed by atoms with van der Waals surface area (Å²) in [6, 6.07) is 6.55. The molecule has 2 rings (SSSR count). The lowest BCUT2D eigenvalue weighted by atomic mass is 9.85. The maximum Gasteiger partial charge on any atom is 0.121 e. The molecule has 2 unspecified atom stereocenters. The van der Waals surface area contributed by atoms with Gasteiger partial charge in [0, 0.05) is 19.2 Å². The van der Waals surface area contributed by atoms with E-state index in [0.717, 1.165) is 23.0 Å². The highest BCUT2D eigenvalue weighted by molar-refractivity contribution is 5.69. The summed E-state index contributed by atoms with van der Waals surface area (Å²) >= 11 is 0. The molecule has 1 fully saturated rings. The Morgan fingerprint density at radius 2 is 2.00 bits per heavy atom. The van der Waals surface area contributed by atoms with Gasteiger partial charge in [0.2, 0.25) is 0 Å². The third-order valence-electron chi connectivity index (χ3n) is 4.18. The summed E-state index contributed by atoms with van der Waals surface area (Å²) in [5.74, 6) is 1.56. The maximum atomic E-state index is 6.13. The molecule has 0 aromatic heterocycles. The van der Waals surface area contributed by atoms with Crippen molar-refractivity contribution in [2.24, 2.45) is 5.92 Å². The molecule has 0 saturated heterocycles. The zero-order valence-corrected chi connectivity index (χ0v) is 11.6. The number of nitrogen functional groups attached to an aromatic ring is 1. The van der Waals surface area contributed by atoms with Crippen LogP contribution in [0.4, 0.5) is 11.4 Å². The van der Waals surface area contributed by atoms with Crippen LogP contribution in [0.15, 0.2) is 18.2 Å². The van der Waals surface area contributed by atoms with E-state index in [-0.39, 0.29) is 0 Å². The predicted molar refractivity (Wildman–Crippen MR) is 77.2 cm³/mol. The van der Waals surface area contributed by atoms with Crippen LogP contribution in [0.25, 0.3) is 0 Å². The van der Waals surface area contributed by atoms with E-state index >= 15 is 0 Å². The second-order valence-electron chi connectivity index (χ2n) is 5.36. The number of nitrogens with two attached hydrogens (primary N) is 1. The molecule has 1 aromatic carbocycles. The largest absolute Gasteiger partial charge is 0.497 e. The van der Waals surface area contributed by atoms with Gasteiger partial charge in [-0.1, -0.05) is 19.8 Å². The molecule has 18 heavy (non-hydrogen) atoms. The van der Waals surface area contributed by atoms with Crippen molar-refractivity contribution in [3.05, 3.63) is 18.2 Å². The van der Waals surface area contributed by atoms with Crippen LogP contribution in [0.1, 0.15) is 32.6 Å². The van der Waals surface area contributed by atoms with Crippen molar-refractivity contribution < 1.29 is 4.74 Å². The Bertz CT molecular complexity index is 405. The molecule has 3 heteroatoms. The lowest BCUT2D eigenvalue weighted by Crippen LogP contribution is -2.39. The molecule has 0 bridgehead atoms. The first-order chi connectivity index (χ1) is 8.63. The minimum absolute atomic E-state index is 0.606. The number of ether oxygens (including phenoxy) is 1. The maximum absolute atomic E-state index is 6.13. The van der Waals surface area contributed by atoms with E-state index in [1.807, 2.05) is 12.1 Å². The number of anilines is 2. The van der Waals surface area contributed by atoms with Crippen LogP contribution in [-0.2, 0) is 0 Å². The zero-order chi connectivity index (χ0) is 13.1. The van der Waals surface area contributed by atoms with Gasteiger partial charge in [-0.3, -0.25) is 0 Å². The molecule has 1 saturated carbocycles. The fourth-order valence-corrected chi connectivity index (χ4v) is 3.03. The van der Waals surface area contributed by atoms with Crippen molar-refractivity contribution in [2.45, 2.75) is 38.6 Å². The van der Waals surface area contributed by atoms with Gasteiger partial charge >= 0.3 is 0 Å². The van der Waals surface area contributed by atoms with Crippen LogP contribution in [0, 0.1) is 5.92 Å². The third-order valence-corrected chi connectivity index (χ3v) is 4.18. The van der Waals surface area contributed by atoms with Crippen LogP contribution >= 0.6 is 0 Å². The first-order valence-electron chi connectivity index (χ1n) is 6.80. The Labute approximate surface area is 110 Å². The van der Waals surface area contributed by atoms with Gasteiger partial charge in [0.05, 0.1) is 18.5 Å². The topological polar surface area (TPSA) is 38.5 Å². The summed E-state index contributed by atoms with van der Waals surface area (Å²) in [6.45, 7) is 2.35. The van der Waals surface area contributed by atoms with Crippen LogP contribution in [0.2, 0.25) is 0 Å². The quantitative estimate of drug-likeness (QED) is 0.834. The van der Waals surface area contributed by atoms with Crippen LogP contribution in [0.5, 0.6) is 5.75 Å². The van der Waals surface area contributed by atoms with E-state index in [0.29, 0.717) is 6.04 Å².